The number of hydrogen-bond donors (Lipinski definition) is 0. The van der Waals surface area contributed by atoms with Gasteiger partial charge in [-0.15, -0.1) is 0 Å². The van der Waals surface area contributed by atoms with Gasteiger partial charge in [0.15, 0.2) is 0 Å². The van der Waals surface area contributed by atoms with Crippen molar-refractivity contribution in [1.29, 1.82) is 0 Å². The minimum atomic E-state index is -0.505. The van der Waals surface area contributed by atoms with Crippen LogP contribution in [0, 0.1) is 0 Å². The average molecular weight is 250 g/mol. The lowest BCUT2D eigenvalue weighted by Crippen LogP contribution is -2.37. The van der Waals surface area contributed by atoms with Crippen molar-refractivity contribution in [3.05, 3.63) is 20.4 Å². The molecule has 4 nitrogen and oxygen atoms in total. The summed E-state index contributed by atoms with van der Waals surface area (Å²) in [5.41, 5.74) is -1.01. The molecule has 0 bridgehead atoms. The lowest BCUT2D eigenvalue weighted by molar-refractivity contribution is 0.161. The Morgan fingerprint density at radius 2 is 1.00 bits per heavy atom. The molecule has 0 spiro atoms. The van der Waals surface area contributed by atoms with Crippen molar-refractivity contribution in [2.24, 2.45) is 0 Å². The molecule has 2 aliphatic carbocycles. The largest absolute Gasteiger partial charge is 0.483 e. The summed E-state index contributed by atoms with van der Waals surface area (Å²) in [6.45, 7) is 0. The summed E-state index contributed by atoms with van der Waals surface area (Å²) in [6.07, 6.45) is 8.64. The van der Waals surface area contributed by atoms with Crippen molar-refractivity contribution in [2.45, 2.75) is 63.6 Å². The molecular formula is C14H18O4. The average Bonchev–Trinajstić information content (AvgIpc) is 3.06. The van der Waals surface area contributed by atoms with Gasteiger partial charge in [-0.05, 0) is 51.4 Å². The second-order valence-corrected chi connectivity index (χ2v) is 5.37. The first-order chi connectivity index (χ1) is 8.75. The quantitative estimate of drug-likeness (QED) is 0.766. The highest BCUT2D eigenvalue weighted by molar-refractivity contribution is 5.46. The minimum Gasteiger partial charge on any atom is -0.483 e. The Hall–Kier alpha value is -1.32. The van der Waals surface area contributed by atoms with E-state index in [0.29, 0.717) is 0 Å². The van der Waals surface area contributed by atoms with Crippen molar-refractivity contribution in [1.82, 2.24) is 0 Å². The third kappa shape index (κ3) is 2.04. The van der Waals surface area contributed by atoms with Crippen LogP contribution in [-0.4, -0.2) is 12.2 Å². The van der Waals surface area contributed by atoms with Crippen LogP contribution < -0.4 is 20.3 Å². The molecule has 2 fully saturated rings. The smallest absolute Gasteiger partial charge is 0.275 e. The van der Waals surface area contributed by atoms with Crippen LogP contribution >= 0.6 is 0 Å². The Morgan fingerprint density at radius 3 is 1.33 bits per heavy atom. The summed E-state index contributed by atoms with van der Waals surface area (Å²) in [4.78, 5) is 23.0. The number of ether oxygens (including phenoxy) is 2. The fourth-order valence-corrected chi connectivity index (χ4v) is 2.91. The first-order valence-electron chi connectivity index (χ1n) is 6.92. The van der Waals surface area contributed by atoms with Crippen LogP contribution in [-0.2, 0) is 0 Å². The summed E-state index contributed by atoms with van der Waals surface area (Å²) >= 11 is 0. The Morgan fingerprint density at radius 1 is 0.667 bits per heavy atom. The van der Waals surface area contributed by atoms with Crippen molar-refractivity contribution in [3.8, 4) is 11.5 Å². The van der Waals surface area contributed by atoms with Gasteiger partial charge in [0.2, 0.25) is 11.5 Å². The van der Waals surface area contributed by atoms with Crippen molar-refractivity contribution in [3.63, 3.8) is 0 Å². The maximum Gasteiger partial charge on any atom is 0.275 e. The van der Waals surface area contributed by atoms with Gasteiger partial charge >= 0.3 is 0 Å². The fraction of sp³-hybridized carbons (Fsp3) is 0.714. The SMILES string of the molecule is O=c1c(OC2CCCC2)c(OC2CCCC2)c1=O. The Balaban J connectivity index is 1.71. The van der Waals surface area contributed by atoms with E-state index in [4.69, 9.17) is 9.47 Å². The monoisotopic (exact) mass is 250 g/mol. The van der Waals surface area contributed by atoms with Crippen LogP contribution in [0.3, 0.4) is 0 Å². The minimum absolute atomic E-state index is 0.0965. The Kier molecular flexibility index (Phi) is 3.10. The number of hydrogen-bond acceptors (Lipinski definition) is 4. The predicted octanol–water partition coefficient (Wildman–Crippen LogP) is 1.93. The van der Waals surface area contributed by atoms with E-state index < -0.39 is 10.9 Å². The summed E-state index contributed by atoms with van der Waals surface area (Å²) in [5.74, 6) is 0.387. The standard InChI is InChI=1S/C14H18O4/c15-11-12(16)14(18-10-7-3-4-8-10)13(11)17-9-5-1-2-6-9/h9-10H,1-8H2. The highest BCUT2D eigenvalue weighted by Gasteiger charge is 2.30. The molecule has 0 amide bonds. The van der Waals surface area contributed by atoms with E-state index in [1.54, 1.807) is 0 Å². The van der Waals surface area contributed by atoms with Crippen LogP contribution in [0.1, 0.15) is 51.4 Å². The van der Waals surface area contributed by atoms with Crippen LogP contribution in [0.4, 0.5) is 0 Å². The molecule has 0 heterocycles. The molecule has 98 valence electrons. The third-order valence-corrected chi connectivity index (χ3v) is 4.00. The van der Waals surface area contributed by atoms with Gasteiger partial charge in [0.1, 0.15) is 0 Å². The van der Waals surface area contributed by atoms with E-state index in [1.165, 1.54) is 0 Å². The molecule has 3 rings (SSSR count). The molecule has 18 heavy (non-hydrogen) atoms. The molecule has 0 aromatic heterocycles. The molecule has 0 saturated heterocycles. The van der Waals surface area contributed by atoms with Crippen molar-refractivity contribution in [2.75, 3.05) is 0 Å². The summed E-state index contributed by atoms with van der Waals surface area (Å²) < 4.78 is 11.3. The third-order valence-electron chi connectivity index (χ3n) is 4.00. The maximum atomic E-state index is 11.5. The lowest BCUT2D eigenvalue weighted by atomic mass is 10.2. The first kappa shape index (κ1) is 11.8. The molecule has 2 aliphatic rings. The van der Waals surface area contributed by atoms with Crippen molar-refractivity contribution >= 4 is 0 Å². The summed E-state index contributed by atoms with van der Waals surface area (Å²) in [6, 6.07) is 0. The molecule has 0 atom stereocenters. The predicted molar refractivity (Wildman–Crippen MR) is 67.1 cm³/mol. The van der Waals surface area contributed by atoms with E-state index in [-0.39, 0.29) is 23.7 Å². The molecule has 1 aromatic rings. The van der Waals surface area contributed by atoms with E-state index in [0.717, 1.165) is 51.4 Å². The fourth-order valence-electron chi connectivity index (χ4n) is 2.91. The van der Waals surface area contributed by atoms with Gasteiger partial charge in [0, 0.05) is 0 Å². The van der Waals surface area contributed by atoms with E-state index >= 15 is 0 Å². The second kappa shape index (κ2) is 4.75. The molecule has 0 aliphatic heterocycles. The zero-order chi connectivity index (χ0) is 12.5. The van der Waals surface area contributed by atoms with Crippen LogP contribution in [0.15, 0.2) is 9.59 Å². The summed E-state index contributed by atoms with van der Waals surface area (Å²) in [7, 11) is 0. The Bertz CT molecular complexity index is 440. The topological polar surface area (TPSA) is 52.6 Å². The van der Waals surface area contributed by atoms with Crippen molar-refractivity contribution < 1.29 is 9.47 Å². The van der Waals surface area contributed by atoms with E-state index in [2.05, 4.69) is 0 Å². The molecule has 0 N–H and O–H groups in total. The van der Waals surface area contributed by atoms with Gasteiger partial charge in [-0.25, -0.2) is 0 Å². The molecule has 2 saturated carbocycles. The van der Waals surface area contributed by atoms with Gasteiger partial charge < -0.3 is 9.47 Å². The highest BCUT2D eigenvalue weighted by Crippen LogP contribution is 2.31. The lowest BCUT2D eigenvalue weighted by Gasteiger charge is -2.19. The van der Waals surface area contributed by atoms with Crippen LogP contribution in [0.2, 0.25) is 0 Å². The van der Waals surface area contributed by atoms with Crippen LogP contribution in [0.5, 0.6) is 11.5 Å². The van der Waals surface area contributed by atoms with Gasteiger partial charge in [0.05, 0.1) is 12.2 Å². The highest BCUT2D eigenvalue weighted by atomic mass is 16.5. The molecule has 1 aromatic carbocycles. The van der Waals surface area contributed by atoms with Gasteiger partial charge in [-0.1, -0.05) is 0 Å². The van der Waals surface area contributed by atoms with Gasteiger partial charge in [-0.2, -0.15) is 0 Å². The van der Waals surface area contributed by atoms with Gasteiger partial charge in [-0.3, -0.25) is 9.59 Å². The zero-order valence-electron chi connectivity index (χ0n) is 10.4. The normalized spacial score (nSPS) is 21.8. The van der Waals surface area contributed by atoms with Crippen LogP contribution in [0.25, 0.3) is 0 Å². The first-order valence-corrected chi connectivity index (χ1v) is 6.92. The summed E-state index contributed by atoms with van der Waals surface area (Å²) in [5, 5.41) is 0. The second-order valence-electron chi connectivity index (χ2n) is 5.37. The molecule has 4 heteroatoms. The van der Waals surface area contributed by atoms with Gasteiger partial charge in [0.25, 0.3) is 10.9 Å². The maximum absolute atomic E-state index is 11.5. The molecule has 0 radical (unpaired) electrons. The molecular weight excluding hydrogens is 232 g/mol. The molecule has 0 unspecified atom stereocenters. The zero-order valence-corrected chi connectivity index (χ0v) is 10.4. The van der Waals surface area contributed by atoms with E-state index in [9.17, 15) is 9.59 Å². The Labute approximate surface area is 106 Å². The van der Waals surface area contributed by atoms with E-state index in [1.807, 2.05) is 0 Å². The number of rotatable bonds is 4.